The fourth-order valence-corrected chi connectivity index (χ4v) is 3.21. The van der Waals surface area contributed by atoms with Crippen molar-refractivity contribution in [1.82, 2.24) is 15.5 Å². The van der Waals surface area contributed by atoms with Crippen LogP contribution < -0.4 is 10.6 Å². The minimum Gasteiger partial charge on any atom is -0.378 e. The van der Waals surface area contributed by atoms with Gasteiger partial charge in [-0.15, -0.1) is 24.8 Å². The first kappa shape index (κ1) is 22.2. The number of ether oxygens (including phenoxy) is 1. The molecular formula is C18H29Cl2N3O2. The van der Waals surface area contributed by atoms with Gasteiger partial charge in [0, 0.05) is 32.1 Å². The van der Waals surface area contributed by atoms with Gasteiger partial charge >= 0.3 is 0 Å². The minimum atomic E-state index is 0. The number of carbonyl (C=O) groups excluding carboxylic acids is 1. The lowest BCUT2D eigenvalue weighted by atomic mass is 10.1. The molecule has 1 aromatic rings. The van der Waals surface area contributed by atoms with Crippen molar-refractivity contribution in [1.29, 1.82) is 0 Å². The quantitative estimate of drug-likeness (QED) is 0.782. The molecule has 0 aliphatic carbocycles. The largest absolute Gasteiger partial charge is 0.378 e. The molecular weight excluding hydrogens is 361 g/mol. The molecule has 0 bridgehead atoms. The third-order valence-corrected chi connectivity index (χ3v) is 4.55. The van der Waals surface area contributed by atoms with Crippen molar-refractivity contribution in [2.24, 2.45) is 0 Å². The maximum absolute atomic E-state index is 12.0. The number of halogens is 2. The van der Waals surface area contributed by atoms with Gasteiger partial charge < -0.3 is 15.4 Å². The average Bonchev–Trinajstić information content (AvgIpc) is 3.08. The van der Waals surface area contributed by atoms with E-state index in [0.717, 1.165) is 25.3 Å². The van der Waals surface area contributed by atoms with Crippen molar-refractivity contribution in [3.05, 3.63) is 35.4 Å². The second-order valence-electron chi connectivity index (χ2n) is 6.51. The van der Waals surface area contributed by atoms with Crippen LogP contribution >= 0.6 is 24.8 Å². The van der Waals surface area contributed by atoms with Crippen LogP contribution in [0.5, 0.6) is 0 Å². The third-order valence-electron chi connectivity index (χ3n) is 4.55. The molecule has 1 amide bonds. The topological polar surface area (TPSA) is 53.6 Å². The molecule has 1 unspecified atom stereocenters. The average molecular weight is 390 g/mol. The van der Waals surface area contributed by atoms with Gasteiger partial charge in [0.15, 0.2) is 0 Å². The van der Waals surface area contributed by atoms with Crippen LogP contribution in [0.15, 0.2) is 24.3 Å². The van der Waals surface area contributed by atoms with Crippen LogP contribution in [-0.4, -0.2) is 49.7 Å². The molecule has 0 spiro atoms. The lowest BCUT2D eigenvalue weighted by molar-refractivity contribution is -0.122. The first-order valence-electron chi connectivity index (χ1n) is 8.67. The lowest BCUT2D eigenvalue weighted by Gasteiger charge is -2.23. The van der Waals surface area contributed by atoms with Gasteiger partial charge in [-0.1, -0.05) is 24.3 Å². The van der Waals surface area contributed by atoms with Crippen LogP contribution in [-0.2, 0) is 22.6 Å². The van der Waals surface area contributed by atoms with Crippen LogP contribution in [0, 0.1) is 0 Å². The molecule has 25 heavy (non-hydrogen) atoms. The van der Waals surface area contributed by atoms with Crippen molar-refractivity contribution in [3.63, 3.8) is 0 Å². The summed E-state index contributed by atoms with van der Waals surface area (Å²) in [6.07, 6.45) is 3.13. The van der Waals surface area contributed by atoms with E-state index in [1.54, 1.807) is 0 Å². The summed E-state index contributed by atoms with van der Waals surface area (Å²) in [5.41, 5.74) is 2.50. The van der Waals surface area contributed by atoms with E-state index in [4.69, 9.17) is 4.74 Å². The predicted octanol–water partition coefficient (Wildman–Crippen LogP) is 2.12. The van der Waals surface area contributed by atoms with Crippen molar-refractivity contribution in [3.8, 4) is 0 Å². The Hall–Kier alpha value is -0.850. The molecule has 0 radical (unpaired) electrons. The maximum Gasteiger partial charge on any atom is 0.221 e. The Morgan fingerprint density at radius 1 is 1.16 bits per heavy atom. The number of hydrogen-bond donors (Lipinski definition) is 2. The number of hydrogen-bond acceptors (Lipinski definition) is 4. The Morgan fingerprint density at radius 3 is 2.48 bits per heavy atom. The second kappa shape index (κ2) is 11.7. The van der Waals surface area contributed by atoms with Gasteiger partial charge in [-0.3, -0.25) is 9.69 Å². The summed E-state index contributed by atoms with van der Waals surface area (Å²) in [6.45, 7) is 6.26. The summed E-state index contributed by atoms with van der Waals surface area (Å²) in [5.74, 6) is 0.0779. The first-order valence-corrected chi connectivity index (χ1v) is 8.67. The van der Waals surface area contributed by atoms with Gasteiger partial charge in [0.2, 0.25) is 5.91 Å². The van der Waals surface area contributed by atoms with Crippen molar-refractivity contribution >= 4 is 30.7 Å². The van der Waals surface area contributed by atoms with E-state index >= 15 is 0 Å². The summed E-state index contributed by atoms with van der Waals surface area (Å²) in [4.78, 5) is 14.5. The highest BCUT2D eigenvalue weighted by Gasteiger charge is 2.16. The Morgan fingerprint density at radius 2 is 1.84 bits per heavy atom. The van der Waals surface area contributed by atoms with Crippen LogP contribution in [0.25, 0.3) is 0 Å². The van der Waals surface area contributed by atoms with Crippen molar-refractivity contribution < 1.29 is 9.53 Å². The van der Waals surface area contributed by atoms with Crippen LogP contribution in [0.2, 0.25) is 0 Å². The van der Waals surface area contributed by atoms with Gasteiger partial charge in [-0.2, -0.15) is 0 Å². The fraction of sp³-hybridized carbons (Fsp3) is 0.611. The highest BCUT2D eigenvalue weighted by atomic mass is 35.5. The Balaban J connectivity index is 0.00000156. The maximum atomic E-state index is 12.0. The summed E-state index contributed by atoms with van der Waals surface area (Å²) in [6, 6.07) is 8.74. The van der Waals surface area contributed by atoms with Gasteiger partial charge in [-0.25, -0.2) is 0 Å². The number of nitrogens with zero attached hydrogens (tertiary/aromatic N) is 1. The highest BCUT2D eigenvalue weighted by molar-refractivity contribution is 5.85. The van der Waals surface area contributed by atoms with E-state index in [2.05, 4.69) is 39.8 Å². The highest BCUT2D eigenvalue weighted by Crippen LogP contribution is 2.13. The zero-order valence-corrected chi connectivity index (χ0v) is 16.2. The second-order valence-corrected chi connectivity index (χ2v) is 6.51. The molecule has 0 aromatic heterocycles. The molecule has 2 fully saturated rings. The number of morpholine rings is 1. The van der Waals surface area contributed by atoms with E-state index in [0.29, 0.717) is 19.6 Å². The van der Waals surface area contributed by atoms with E-state index in [1.807, 2.05) is 0 Å². The monoisotopic (exact) mass is 389 g/mol. The number of likely N-dealkylation sites (tertiary alicyclic amines) is 1. The molecule has 2 saturated heterocycles. The summed E-state index contributed by atoms with van der Waals surface area (Å²) < 4.78 is 5.37. The lowest BCUT2D eigenvalue weighted by Crippen LogP contribution is -2.44. The summed E-state index contributed by atoms with van der Waals surface area (Å²) >= 11 is 0. The van der Waals surface area contributed by atoms with Gasteiger partial charge in [-0.05, 0) is 37.1 Å². The normalized spacial score (nSPS) is 20.4. The number of carbonyl (C=O) groups is 1. The molecule has 3 rings (SSSR count). The molecule has 0 saturated carbocycles. The number of rotatable bonds is 6. The van der Waals surface area contributed by atoms with E-state index in [9.17, 15) is 4.79 Å². The first-order chi connectivity index (χ1) is 11.3. The zero-order valence-electron chi connectivity index (χ0n) is 14.5. The fourth-order valence-electron chi connectivity index (χ4n) is 3.21. The van der Waals surface area contributed by atoms with Crippen molar-refractivity contribution in [2.75, 3.05) is 32.8 Å². The Labute approximate surface area is 162 Å². The van der Waals surface area contributed by atoms with E-state index in [-0.39, 0.29) is 36.8 Å². The van der Waals surface area contributed by atoms with Gasteiger partial charge in [0.05, 0.1) is 13.2 Å². The molecule has 1 atom stereocenters. The smallest absolute Gasteiger partial charge is 0.221 e. The van der Waals surface area contributed by atoms with Crippen LogP contribution in [0.3, 0.4) is 0 Å². The number of nitrogens with one attached hydrogen (secondary N) is 2. The molecule has 2 N–H and O–H groups in total. The third kappa shape index (κ3) is 7.50. The minimum absolute atomic E-state index is 0. The molecule has 2 heterocycles. The number of benzene rings is 1. The van der Waals surface area contributed by atoms with Crippen LogP contribution in [0.4, 0.5) is 0 Å². The SMILES string of the molecule is Cl.Cl.O=C(CC1COCCN1)NCc1ccc(CN2CCCC2)cc1. The molecule has 5 nitrogen and oxygen atoms in total. The molecule has 7 heteroatoms. The van der Waals surface area contributed by atoms with Gasteiger partial charge in [0.1, 0.15) is 0 Å². The van der Waals surface area contributed by atoms with Gasteiger partial charge in [0.25, 0.3) is 0 Å². The Bertz CT molecular complexity index is 502. The molecule has 1 aromatic carbocycles. The summed E-state index contributed by atoms with van der Waals surface area (Å²) in [7, 11) is 0. The predicted molar refractivity (Wildman–Crippen MR) is 105 cm³/mol. The number of amides is 1. The molecule has 142 valence electrons. The molecule has 2 aliphatic heterocycles. The summed E-state index contributed by atoms with van der Waals surface area (Å²) in [5, 5.41) is 6.29. The van der Waals surface area contributed by atoms with E-state index in [1.165, 1.54) is 31.5 Å². The van der Waals surface area contributed by atoms with Crippen LogP contribution in [0.1, 0.15) is 30.4 Å². The zero-order chi connectivity index (χ0) is 15.9. The Kier molecular flexibility index (Phi) is 10.4. The molecule has 2 aliphatic rings. The van der Waals surface area contributed by atoms with Crippen molar-refractivity contribution in [2.45, 2.75) is 38.4 Å². The van der Waals surface area contributed by atoms with E-state index < -0.39 is 0 Å². The standard InChI is InChI=1S/C18H27N3O2.2ClH/c22-18(11-17-14-23-10-7-19-17)20-12-15-3-5-16(6-4-15)13-21-8-1-2-9-21;;/h3-6,17,19H,1-2,7-14H2,(H,20,22);2*1H.